The van der Waals surface area contributed by atoms with Gasteiger partial charge in [0.2, 0.25) is 0 Å². The van der Waals surface area contributed by atoms with Gasteiger partial charge in [0, 0.05) is 5.22 Å². The maximum Gasteiger partial charge on any atom is 0.268 e. The molecule has 0 unspecified atom stereocenters. The smallest absolute Gasteiger partial charge is 0.268 e. The molecule has 0 fully saturated rings. The van der Waals surface area contributed by atoms with Crippen molar-refractivity contribution < 1.29 is 9.63 Å². The summed E-state index contributed by atoms with van der Waals surface area (Å²) in [7, 11) is 0. The average molecular weight is 226 g/mol. The predicted molar refractivity (Wildman–Crippen MR) is 63.1 cm³/mol. The molecule has 1 aromatic rings. The van der Waals surface area contributed by atoms with E-state index in [1.807, 2.05) is 42.5 Å². The minimum atomic E-state index is -0.529. The largest absolute Gasteiger partial charge is 0.381 e. The van der Waals surface area contributed by atoms with E-state index in [4.69, 9.17) is 10.6 Å². The molecule has 1 heterocycles. The Labute approximate surface area is 97.3 Å². The van der Waals surface area contributed by atoms with Crippen LogP contribution in [0.3, 0.4) is 0 Å². The second-order valence-electron chi connectivity index (χ2n) is 3.80. The van der Waals surface area contributed by atoms with Crippen molar-refractivity contribution in [3.63, 3.8) is 0 Å². The van der Waals surface area contributed by atoms with Gasteiger partial charge in [-0.05, 0) is 11.3 Å². The van der Waals surface area contributed by atoms with Gasteiger partial charge in [0.25, 0.3) is 5.91 Å². The lowest BCUT2D eigenvalue weighted by Crippen LogP contribution is -2.26. The third-order valence-corrected chi connectivity index (χ3v) is 2.76. The number of fused-ring (bicyclic) bond motifs is 2. The molecule has 17 heavy (non-hydrogen) atoms. The number of hydrogen-bond donors (Lipinski definition) is 2. The zero-order valence-corrected chi connectivity index (χ0v) is 8.94. The molecule has 0 spiro atoms. The van der Waals surface area contributed by atoms with Gasteiger partial charge in [-0.3, -0.25) is 4.79 Å². The molecule has 0 atom stereocenters. The number of hydroxylamine groups is 1. The molecule has 0 bridgehead atoms. The van der Waals surface area contributed by atoms with E-state index in [-0.39, 0.29) is 0 Å². The summed E-state index contributed by atoms with van der Waals surface area (Å²) in [5, 5.41) is 1.98. The summed E-state index contributed by atoms with van der Waals surface area (Å²) in [6, 6.07) is 7.81. The molecule has 84 valence electrons. The van der Waals surface area contributed by atoms with Crippen molar-refractivity contribution >= 4 is 17.7 Å². The van der Waals surface area contributed by atoms with E-state index in [0.29, 0.717) is 17.0 Å². The predicted octanol–water partition coefficient (Wildman–Crippen LogP) is -0.581. The number of nitrogens with two attached hydrogens (primary N) is 1. The van der Waals surface area contributed by atoms with E-state index in [0.717, 1.165) is 10.4 Å². The first kappa shape index (κ1) is 9.72. The summed E-state index contributed by atoms with van der Waals surface area (Å²) < 4.78 is 0. The summed E-state index contributed by atoms with van der Waals surface area (Å²) in [6.07, 6.45) is 5.66. The first-order chi connectivity index (χ1) is 8.27. The zero-order valence-electron chi connectivity index (χ0n) is 8.94. The van der Waals surface area contributed by atoms with Crippen LogP contribution in [-0.2, 0) is 9.63 Å². The third-order valence-electron chi connectivity index (χ3n) is 2.76. The number of nitrogens with one attached hydrogen (secondary N) is 1. The molecule has 0 saturated carbocycles. The fraction of sp³-hybridized carbons (Fsp3) is 0. The maximum absolute atomic E-state index is 11.2. The number of carbonyl (C=O) groups excluding carboxylic acids is 1. The molecule has 1 aromatic carbocycles. The summed E-state index contributed by atoms with van der Waals surface area (Å²) in [5.74, 6) is 0.110. The van der Waals surface area contributed by atoms with Gasteiger partial charge in [0.1, 0.15) is 5.70 Å². The van der Waals surface area contributed by atoms with Crippen molar-refractivity contribution in [2.45, 2.75) is 0 Å². The summed E-state index contributed by atoms with van der Waals surface area (Å²) in [4.78, 5) is 16.6. The minimum Gasteiger partial charge on any atom is -0.381 e. The quantitative estimate of drug-likeness (QED) is 0.673. The van der Waals surface area contributed by atoms with Gasteiger partial charge < -0.3 is 10.6 Å². The molecular weight excluding hydrogens is 216 g/mol. The Morgan fingerprint density at radius 3 is 2.94 bits per heavy atom. The molecule has 1 amide bonds. The highest BCUT2D eigenvalue weighted by Crippen LogP contribution is 2.22. The fourth-order valence-corrected chi connectivity index (χ4v) is 1.96. The van der Waals surface area contributed by atoms with Gasteiger partial charge in [-0.2, -0.15) is 0 Å². The molecule has 4 heteroatoms. The summed E-state index contributed by atoms with van der Waals surface area (Å²) in [5.41, 5.74) is 8.83. The Balaban J connectivity index is 2.40. The Morgan fingerprint density at radius 2 is 2.12 bits per heavy atom. The normalized spacial score (nSPS) is 16.4. The molecule has 2 aliphatic rings. The van der Waals surface area contributed by atoms with Crippen LogP contribution in [0.4, 0.5) is 0 Å². The van der Waals surface area contributed by atoms with Gasteiger partial charge in [-0.25, -0.2) is 5.48 Å². The van der Waals surface area contributed by atoms with Gasteiger partial charge in [0.05, 0.1) is 5.57 Å². The number of primary amides is 1. The number of rotatable bonds is 1. The number of allylic oxidation sites excluding steroid dienone is 1. The molecule has 0 saturated heterocycles. The van der Waals surface area contributed by atoms with E-state index in [9.17, 15) is 4.79 Å². The molecule has 0 radical (unpaired) electrons. The van der Waals surface area contributed by atoms with Gasteiger partial charge in [-0.15, -0.1) is 0 Å². The van der Waals surface area contributed by atoms with Gasteiger partial charge >= 0.3 is 0 Å². The van der Waals surface area contributed by atoms with E-state index < -0.39 is 5.91 Å². The van der Waals surface area contributed by atoms with E-state index in [2.05, 4.69) is 5.48 Å². The van der Waals surface area contributed by atoms with Crippen LogP contribution in [0.2, 0.25) is 0 Å². The zero-order chi connectivity index (χ0) is 11.8. The standard InChI is InChI=1S/C13H10N2O2/c14-13(16)11-10-7-3-5-8-4-1-2-6-9(8)12(10)17-15-11/h1-7,15H,(H2,14,16). The monoisotopic (exact) mass is 226 g/mol. The summed E-state index contributed by atoms with van der Waals surface area (Å²) in [6.45, 7) is 0. The van der Waals surface area contributed by atoms with E-state index in [1.165, 1.54) is 0 Å². The highest BCUT2D eigenvalue weighted by atomic mass is 16.7. The average Bonchev–Trinajstić information content (AvgIpc) is 2.66. The number of benzene rings is 1. The molecule has 3 rings (SSSR count). The van der Waals surface area contributed by atoms with Crippen molar-refractivity contribution in [3.05, 3.63) is 58.1 Å². The topological polar surface area (TPSA) is 64.4 Å². The van der Waals surface area contributed by atoms with E-state index >= 15 is 0 Å². The van der Waals surface area contributed by atoms with E-state index in [1.54, 1.807) is 0 Å². The van der Waals surface area contributed by atoms with Gasteiger partial charge in [-0.1, -0.05) is 36.4 Å². The van der Waals surface area contributed by atoms with Crippen LogP contribution < -0.4 is 21.7 Å². The lowest BCUT2D eigenvalue weighted by molar-refractivity contribution is -0.115. The first-order valence-electron chi connectivity index (χ1n) is 5.22. The van der Waals surface area contributed by atoms with Crippen molar-refractivity contribution in [1.29, 1.82) is 0 Å². The Kier molecular flexibility index (Phi) is 2.01. The second-order valence-corrected chi connectivity index (χ2v) is 3.80. The minimum absolute atomic E-state index is 0.293. The lowest BCUT2D eigenvalue weighted by Gasteiger charge is -1.99. The Morgan fingerprint density at radius 1 is 1.29 bits per heavy atom. The number of amides is 1. The van der Waals surface area contributed by atoms with Crippen LogP contribution in [0.15, 0.2) is 47.7 Å². The van der Waals surface area contributed by atoms with Gasteiger partial charge in [0.15, 0.2) is 5.76 Å². The lowest BCUT2D eigenvalue weighted by atomic mass is 10.1. The van der Waals surface area contributed by atoms with Crippen LogP contribution >= 0.6 is 0 Å². The van der Waals surface area contributed by atoms with Crippen molar-refractivity contribution in [3.8, 4) is 0 Å². The highest BCUT2D eigenvalue weighted by molar-refractivity contribution is 5.97. The molecule has 0 aromatic heterocycles. The number of hydrogen-bond acceptors (Lipinski definition) is 3. The first-order valence-corrected chi connectivity index (χ1v) is 5.22. The van der Waals surface area contributed by atoms with Crippen LogP contribution in [0.25, 0.3) is 11.8 Å². The molecule has 1 aliphatic heterocycles. The SMILES string of the molecule is NC(=O)C1=C2C=CC=c3ccccc3=C2ON1. The van der Waals surface area contributed by atoms with Crippen LogP contribution in [0.5, 0.6) is 0 Å². The Hall–Kier alpha value is -2.49. The number of carbonyl (C=O) groups is 1. The van der Waals surface area contributed by atoms with Crippen LogP contribution in [0.1, 0.15) is 0 Å². The molecule has 1 aliphatic carbocycles. The maximum atomic E-state index is 11.2. The summed E-state index contributed by atoms with van der Waals surface area (Å²) >= 11 is 0. The van der Waals surface area contributed by atoms with Crippen LogP contribution in [-0.4, -0.2) is 5.91 Å². The third kappa shape index (κ3) is 1.42. The van der Waals surface area contributed by atoms with Crippen molar-refractivity contribution in [2.75, 3.05) is 0 Å². The second kappa shape index (κ2) is 3.52. The molecule has 3 N–H and O–H groups in total. The fourth-order valence-electron chi connectivity index (χ4n) is 1.96. The molecule has 4 nitrogen and oxygen atoms in total. The molecular formula is C13H10N2O2. The van der Waals surface area contributed by atoms with Crippen LogP contribution in [0, 0.1) is 0 Å². The Bertz CT molecular complexity index is 684. The highest BCUT2D eigenvalue weighted by Gasteiger charge is 2.24. The van der Waals surface area contributed by atoms with Crippen molar-refractivity contribution in [1.82, 2.24) is 5.48 Å². The van der Waals surface area contributed by atoms with Crippen molar-refractivity contribution in [2.24, 2.45) is 5.73 Å².